The molecular formula is C28H31N5O6. The van der Waals surface area contributed by atoms with Crippen molar-refractivity contribution in [1.29, 1.82) is 5.26 Å². The normalized spacial score (nSPS) is 11.2. The predicted octanol–water partition coefficient (Wildman–Crippen LogP) is 2.68. The largest absolute Gasteiger partial charge is 0.494 e. The highest BCUT2D eigenvalue weighted by Gasteiger charge is 2.23. The second-order valence-electron chi connectivity index (χ2n) is 8.82. The van der Waals surface area contributed by atoms with Gasteiger partial charge in [-0.05, 0) is 69.2 Å². The number of aryl methyl sites for hydroxylation is 1. The van der Waals surface area contributed by atoms with Gasteiger partial charge < -0.3 is 19.8 Å². The van der Waals surface area contributed by atoms with Crippen LogP contribution in [0.4, 0.5) is 5.82 Å². The monoisotopic (exact) mass is 533 g/mol. The van der Waals surface area contributed by atoms with Gasteiger partial charge in [-0.3, -0.25) is 18.7 Å². The molecule has 2 N–H and O–H groups in total. The molecular weight excluding hydrogens is 502 g/mol. The van der Waals surface area contributed by atoms with Crippen molar-refractivity contribution in [2.75, 3.05) is 18.9 Å². The first-order valence-corrected chi connectivity index (χ1v) is 12.4. The first-order valence-electron chi connectivity index (χ1n) is 12.4. The highest BCUT2D eigenvalue weighted by molar-refractivity contribution is 6.03. The zero-order valence-corrected chi connectivity index (χ0v) is 22.6. The lowest BCUT2D eigenvalue weighted by molar-refractivity contribution is -0.137. The molecule has 2 heterocycles. The summed E-state index contributed by atoms with van der Waals surface area (Å²) in [6.07, 6.45) is 1.93. The SMILES string of the molecule is CCCn1c(N)c(C(=O)COC(=O)/C(C#N)=C/c2cc(C)n(-c3ccc(OCC)cc3)c2C)c(=O)n(C)c1=O. The third kappa shape index (κ3) is 5.85. The maximum absolute atomic E-state index is 12.8. The van der Waals surface area contributed by atoms with Crippen LogP contribution in [0.3, 0.4) is 0 Å². The molecule has 3 rings (SSSR count). The number of ether oxygens (including phenoxy) is 2. The van der Waals surface area contributed by atoms with E-state index in [0.717, 1.165) is 32.0 Å². The van der Waals surface area contributed by atoms with Gasteiger partial charge in [-0.25, -0.2) is 9.59 Å². The fourth-order valence-electron chi connectivity index (χ4n) is 4.25. The van der Waals surface area contributed by atoms with E-state index in [1.807, 2.05) is 68.7 Å². The van der Waals surface area contributed by atoms with E-state index in [2.05, 4.69) is 0 Å². The van der Waals surface area contributed by atoms with Gasteiger partial charge in [-0.1, -0.05) is 6.92 Å². The summed E-state index contributed by atoms with van der Waals surface area (Å²) in [5, 5.41) is 9.62. The number of carbonyl (C=O) groups excluding carboxylic acids is 2. The van der Waals surface area contributed by atoms with Gasteiger partial charge in [0, 0.05) is 30.7 Å². The van der Waals surface area contributed by atoms with Gasteiger partial charge in [-0.15, -0.1) is 0 Å². The number of Topliss-reactive ketones (excluding diaryl/α,β-unsaturated/α-hetero) is 1. The Labute approximate surface area is 225 Å². The molecule has 0 aliphatic carbocycles. The molecule has 0 saturated heterocycles. The number of hydrogen-bond acceptors (Lipinski definition) is 8. The molecule has 2 aromatic heterocycles. The number of anilines is 1. The molecule has 0 fully saturated rings. The molecule has 0 aliphatic heterocycles. The average Bonchev–Trinajstić information content (AvgIpc) is 3.20. The third-order valence-electron chi connectivity index (χ3n) is 6.16. The first-order chi connectivity index (χ1) is 18.5. The van der Waals surface area contributed by atoms with Crippen molar-refractivity contribution in [1.82, 2.24) is 13.7 Å². The minimum atomic E-state index is -1.03. The molecule has 11 nitrogen and oxygen atoms in total. The number of nitrogens with zero attached hydrogens (tertiary/aromatic N) is 4. The van der Waals surface area contributed by atoms with Crippen molar-refractivity contribution in [2.45, 2.75) is 40.7 Å². The predicted molar refractivity (Wildman–Crippen MR) is 146 cm³/mol. The number of ketones is 1. The summed E-state index contributed by atoms with van der Waals surface area (Å²) in [6, 6.07) is 11.2. The summed E-state index contributed by atoms with van der Waals surface area (Å²) in [6.45, 7) is 7.40. The van der Waals surface area contributed by atoms with Crippen LogP contribution in [-0.4, -0.2) is 38.7 Å². The van der Waals surface area contributed by atoms with Crippen molar-refractivity contribution >= 4 is 23.6 Å². The lowest BCUT2D eigenvalue weighted by atomic mass is 10.1. The Kier molecular flexibility index (Phi) is 8.93. The summed E-state index contributed by atoms with van der Waals surface area (Å²) in [7, 11) is 1.24. The molecule has 39 heavy (non-hydrogen) atoms. The van der Waals surface area contributed by atoms with Gasteiger partial charge in [0.05, 0.1) is 6.61 Å². The summed E-state index contributed by atoms with van der Waals surface area (Å²) in [5.41, 5.74) is 6.80. The topological polar surface area (TPSA) is 151 Å². The molecule has 0 aliphatic rings. The van der Waals surface area contributed by atoms with E-state index < -0.39 is 35.2 Å². The number of esters is 1. The fourth-order valence-corrected chi connectivity index (χ4v) is 4.25. The number of hydrogen-bond donors (Lipinski definition) is 1. The average molecular weight is 534 g/mol. The molecule has 0 spiro atoms. The van der Waals surface area contributed by atoms with Gasteiger partial charge in [0.15, 0.2) is 6.61 Å². The molecule has 0 atom stereocenters. The summed E-state index contributed by atoms with van der Waals surface area (Å²) in [5.74, 6) is -1.45. The van der Waals surface area contributed by atoms with Gasteiger partial charge >= 0.3 is 11.7 Å². The smallest absolute Gasteiger partial charge is 0.349 e. The standard InChI is InChI=1S/C28H31N5O6/c1-6-12-32-25(30)24(26(35)31(5)28(32)37)23(34)16-39-27(36)20(15-29)14-19-13-17(3)33(18(19)4)21-8-10-22(11-9-21)38-7-2/h8-11,13-14H,6-7,12,16,30H2,1-5H3/b20-14+. The third-order valence-corrected chi connectivity index (χ3v) is 6.16. The highest BCUT2D eigenvalue weighted by Crippen LogP contribution is 2.24. The van der Waals surface area contributed by atoms with Crippen molar-refractivity contribution in [3.8, 4) is 17.5 Å². The van der Waals surface area contributed by atoms with Crippen LogP contribution in [-0.2, 0) is 23.1 Å². The highest BCUT2D eigenvalue weighted by atomic mass is 16.5. The van der Waals surface area contributed by atoms with Gasteiger partial charge in [-0.2, -0.15) is 5.26 Å². The summed E-state index contributed by atoms with van der Waals surface area (Å²) >= 11 is 0. The number of carbonyl (C=O) groups is 2. The van der Waals surface area contributed by atoms with Crippen LogP contribution in [0.5, 0.6) is 5.75 Å². The molecule has 0 radical (unpaired) electrons. The van der Waals surface area contributed by atoms with E-state index in [0.29, 0.717) is 18.6 Å². The molecule has 0 saturated carbocycles. The summed E-state index contributed by atoms with van der Waals surface area (Å²) < 4.78 is 14.4. The Morgan fingerprint density at radius 1 is 1.13 bits per heavy atom. The lowest BCUT2D eigenvalue weighted by Gasteiger charge is -2.13. The van der Waals surface area contributed by atoms with Crippen LogP contribution in [0.2, 0.25) is 0 Å². The summed E-state index contributed by atoms with van der Waals surface area (Å²) in [4.78, 5) is 50.4. The van der Waals surface area contributed by atoms with Crippen LogP contribution in [0.15, 0.2) is 45.5 Å². The molecule has 0 amide bonds. The minimum absolute atomic E-state index is 0.204. The van der Waals surface area contributed by atoms with Crippen molar-refractivity contribution in [3.63, 3.8) is 0 Å². The fraction of sp³-hybridized carbons (Fsp3) is 0.321. The van der Waals surface area contributed by atoms with E-state index in [1.54, 1.807) is 0 Å². The Balaban J connectivity index is 1.84. The van der Waals surface area contributed by atoms with E-state index in [9.17, 15) is 24.4 Å². The maximum atomic E-state index is 12.8. The van der Waals surface area contributed by atoms with Crippen LogP contribution in [0.1, 0.15) is 47.6 Å². The maximum Gasteiger partial charge on any atom is 0.349 e. The van der Waals surface area contributed by atoms with Gasteiger partial charge in [0.1, 0.15) is 28.8 Å². The first kappa shape index (κ1) is 28.7. The Morgan fingerprint density at radius 3 is 2.38 bits per heavy atom. The number of nitriles is 1. The second-order valence-corrected chi connectivity index (χ2v) is 8.82. The van der Waals surface area contributed by atoms with Crippen LogP contribution >= 0.6 is 0 Å². The Bertz CT molecular complexity index is 1600. The number of rotatable bonds is 10. The van der Waals surface area contributed by atoms with E-state index in [-0.39, 0.29) is 17.9 Å². The number of nitrogens with two attached hydrogens (primary N) is 1. The van der Waals surface area contributed by atoms with Crippen LogP contribution in [0, 0.1) is 25.2 Å². The van der Waals surface area contributed by atoms with E-state index in [4.69, 9.17) is 15.2 Å². The van der Waals surface area contributed by atoms with E-state index >= 15 is 0 Å². The quantitative estimate of drug-likeness (QED) is 0.181. The minimum Gasteiger partial charge on any atom is -0.494 e. The van der Waals surface area contributed by atoms with Crippen LogP contribution < -0.4 is 21.7 Å². The van der Waals surface area contributed by atoms with E-state index in [1.165, 1.54) is 13.1 Å². The molecule has 11 heteroatoms. The van der Waals surface area contributed by atoms with Crippen LogP contribution in [0.25, 0.3) is 11.8 Å². The Morgan fingerprint density at radius 2 is 1.79 bits per heavy atom. The molecule has 1 aromatic carbocycles. The van der Waals surface area contributed by atoms with Crippen molar-refractivity contribution < 1.29 is 19.1 Å². The molecule has 0 unspecified atom stereocenters. The zero-order chi connectivity index (χ0) is 28.9. The zero-order valence-electron chi connectivity index (χ0n) is 22.6. The van der Waals surface area contributed by atoms with Crippen molar-refractivity contribution in [3.05, 3.63) is 79.3 Å². The van der Waals surface area contributed by atoms with Gasteiger partial charge in [0.25, 0.3) is 5.56 Å². The number of aromatic nitrogens is 3. The number of nitrogen functional groups attached to an aromatic ring is 1. The van der Waals surface area contributed by atoms with Gasteiger partial charge in [0.2, 0.25) is 5.78 Å². The molecule has 3 aromatic rings. The van der Waals surface area contributed by atoms with Crippen molar-refractivity contribution in [2.24, 2.45) is 7.05 Å². The number of benzene rings is 1. The second kappa shape index (κ2) is 12.1. The molecule has 204 valence electrons. The lowest BCUT2D eigenvalue weighted by Crippen LogP contribution is -2.43. The Hall–Kier alpha value is -4.85. The molecule has 0 bridgehead atoms.